The van der Waals surface area contributed by atoms with Gasteiger partial charge in [-0.2, -0.15) is 13.2 Å². The zero-order valence-electron chi connectivity index (χ0n) is 12.6. The van der Waals surface area contributed by atoms with Gasteiger partial charge in [-0.1, -0.05) is 13.8 Å². The van der Waals surface area contributed by atoms with Crippen molar-refractivity contribution in [1.29, 1.82) is 0 Å². The third-order valence-electron chi connectivity index (χ3n) is 3.90. The van der Waals surface area contributed by atoms with Crippen LogP contribution in [0.1, 0.15) is 43.3 Å². The summed E-state index contributed by atoms with van der Waals surface area (Å²) in [6, 6.07) is -0.569. The van der Waals surface area contributed by atoms with E-state index in [0.29, 0.717) is 18.1 Å². The quantitative estimate of drug-likeness (QED) is 0.924. The van der Waals surface area contributed by atoms with E-state index in [0.717, 1.165) is 29.6 Å². The highest BCUT2D eigenvalue weighted by Crippen LogP contribution is 2.35. The van der Waals surface area contributed by atoms with Gasteiger partial charge in [-0.25, -0.2) is 4.98 Å². The van der Waals surface area contributed by atoms with E-state index < -0.39 is 17.9 Å². The lowest BCUT2D eigenvalue weighted by molar-refractivity contribution is -0.141. The fourth-order valence-corrected chi connectivity index (χ4v) is 3.43. The van der Waals surface area contributed by atoms with Gasteiger partial charge in [0.15, 0.2) is 5.69 Å². The molecule has 1 unspecified atom stereocenters. The molecule has 1 amide bonds. The van der Waals surface area contributed by atoms with E-state index in [1.807, 2.05) is 13.8 Å². The van der Waals surface area contributed by atoms with E-state index >= 15 is 0 Å². The van der Waals surface area contributed by atoms with E-state index in [-0.39, 0.29) is 17.7 Å². The number of alkyl halides is 3. The van der Waals surface area contributed by atoms with Crippen LogP contribution in [0.2, 0.25) is 0 Å². The summed E-state index contributed by atoms with van der Waals surface area (Å²) in [7, 11) is 0. The molecule has 2 heterocycles. The standard InChI is InChI=1S/C14H20F3N3OS/c1-8(2)11(18)13(21)20-5-3-4-9(6-20)12-19-10(7-22-12)14(15,16)17/h7-9,11H,3-6,18H2,1-2H3/t9?,11-/m0/s1. The summed E-state index contributed by atoms with van der Waals surface area (Å²) < 4.78 is 37.9. The van der Waals surface area contributed by atoms with Gasteiger partial charge in [0, 0.05) is 24.4 Å². The molecule has 0 spiro atoms. The number of rotatable bonds is 3. The van der Waals surface area contributed by atoms with Crippen molar-refractivity contribution >= 4 is 17.2 Å². The second kappa shape index (κ2) is 6.54. The van der Waals surface area contributed by atoms with Gasteiger partial charge in [0.25, 0.3) is 0 Å². The maximum absolute atomic E-state index is 12.6. The Kier molecular flexibility index (Phi) is 5.11. The molecule has 2 rings (SSSR count). The third-order valence-corrected chi connectivity index (χ3v) is 4.91. The van der Waals surface area contributed by atoms with Gasteiger partial charge in [0.05, 0.1) is 11.0 Å². The molecule has 2 atom stereocenters. The number of halogens is 3. The van der Waals surface area contributed by atoms with Gasteiger partial charge < -0.3 is 10.6 Å². The predicted octanol–water partition coefficient (Wildman–Crippen LogP) is 2.85. The van der Waals surface area contributed by atoms with Gasteiger partial charge in [-0.3, -0.25) is 4.79 Å². The monoisotopic (exact) mass is 335 g/mol. The first-order valence-electron chi connectivity index (χ1n) is 7.27. The van der Waals surface area contributed by atoms with E-state index in [2.05, 4.69) is 4.98 Å². The number of aromatic nitrogens is 1. The maximum atomic E-state index is 12.6. The van der Waals surface area contributed by atoms with Gasteiger partial charge in [0.1, 0.15) is 0 Å². The average Bonchev–Trinajstić information content (AvgIpc) is 2.95. The third kappa shape index (κ3) is 3.78. The molecule has 2 N–H and O–H groups in total. The Morgan fingerprint density at radius 1 is 1.50 bits per heavy atom. The van der Waals surface area contributed by atoms with Gasteiger partial charge in [-0.05, 0) is 18.8 Å². The second-order valence-electron chi connectivity index (χ2n) is 5.96. The molecule has 1 aromatic heterocycles. The molecule has 0 bridgehead atoms. The van der Waals surface area contributed by atoms with E-state index in [9.17, 15) is 18.0 Å². The lowest BCUT2D eigenvalue weighted by Crippen LogP contribution is -2.49. The summed E-state index contributed by atoms with van der Waals surface area (Å²) in [6.07, 6.45) is -2.92. The number of hydrogen-bond donors (Lipinski definition) is 1. The highest BCUT2D eigenvalue weighted by atomic mass is 32.1. The summed E-state index contributed by atoms with van der Waals surface area (Å²) in [5.41, 5.74) is 5.03. The van der Waals surface area contributed by atoms with Crippen LogP contribution in [0, 0.1) is 5.92 Å². The minimum atomic E-state index is -4.42. The summed E-state index contributed by atoms with van der Waals surface area (Å²) in [5, 5.41) is 1.48. The van der Waals surface area contributed by atoms with Crippen molar-refractivity contribution in [2.24, 2.45) is 11.7 Å². The largest absolute Gasteiger partial charge is 0.434 e. The molecule has 8 heteroatoms. The highest BCUT2D eigenvalue weighted by molar-refractivity contribution is 7.09. The minimum Gasteiger partial charge on any atom is -0.341 e. The number of likely N-dealkylation sites (tertiary alicyclic amines) is 1. The van der Waals surface area contributed by atoms with Crippen LogP contribution in [0.25, 0.3) is 0 Å². The topological polar surface area (TPSA) is 59.2 Å². The van der Waals surface area contributed by atoms with E-state index in [4.69, 9.17) is 5.73 Å². The summed E-state index contributed by atoms with van der Waals surface area (Å²) in [4.78, 5) is 17.6. The van der Waals surface area contributed by atoms with Crippen molar-refractivity contribution in [3.8, 4) is 0 Å². The van der Waals surface area contributed by atoms with Crippen LogP contribution in [0.15, 0.2) is 5.38 Å². The Labute approximate surface area is 131 Å². The number of hydrogen-bond acceptors (Lipinski definition) is 4. The van der Waals surface area contributed by atoms with Crippen molar-refractivity contribution in [2.45, 2.75) is 44.8 Å². The van der Waals surface area contributed by atoms with Gasteiger partial charge in [0.2, 0.25) is 5.91 Å². The Morgan fingerprint density at radius 2 is 2.18 bits per heavy atom. The first kappa shape index (κ1) is 17.2. The minimum absolute atomic E-state index is 0.0320. The Balaban J connectivity index is 2.07. The molecule has 0 saturated carbocycles. The molecule has 0 aliphatic carbocycles. The van der Waals surface area contributed by atoms with Crippen molar-refractivity contribution in [2.75, 3.05) is 13.1 Å². The van der Waals surface area contributed by atoms with Crippen LogP contribution in [0.5, 0.6) is 0 Å². The number of carbonyl (C=O) groups excluding carboxylic acids is 1. The number of piperidine rings is 1. The summed E-state index contributed by atoms with van der Waals surface area (Å²) in [5.74, 6) is -0.241. The maximum Gasteiger partial charge on any atom is 0.434 e. The lowest BCUT2D eigenvalue weighted by Gasteiger charge is -2.34. The Morgan fingerprint density at radius 3 is 2.73 bits per heavy atom. The molecule has 1 aliphatic rings. The normalized spacial score (nSPS) is 21.2. The second-order valence-corrected chi connectivity index (χ2v) is 6.85. The lowest BCUT2D eigenvalue weighted by atomic mass is 9.96. The SMILES string of the molecule is CC(C)[C@H](N)C(=O)N1CCCC(c2nc(C(F)(F)F)cs2)C1. The fraction of sp³-hybridized carbons (Fsp3) is 0.714. The van der Waals surface area contributed by atoms with Crippen LogP contribution in [0.3, 0.4) is 0 Å². The number of thiazole rings is 1. The van der Waals surface area contributed by atoms with Crippen molar-refractivity contribution < 1.29 is 18.0 Å². The van der Waals surface area contributed by atoms with E-state index in [1.54, 1.807) is 4.90 Å². The molecule has 4 nitrogen and oxygen atoms in total. The van der Waals surface area contributed by atoms with Crippen LogP contribution < -0.4 is 5.73 Å². The molecule has 0 radical (unpaired) electrons. The Bertz CT molecular complexity index is 530. The molecule has 1 fully saturated rings. The Hall–Kier alpha value is -1.15. The van der Waals surface area contributed by atoms with Crippen LogP contribution >= 0.6 is 11.3 Å². The van der Waals surface area contributed by atoms with Crippen LogP contribution in [0.4, 0.5) is 13.2 Å². The zero-order chi connectivity index (χ0) is 16.5. The van der Waals surface area contributed by atoms with Crippen LogP contribution in [-0.4, -0.2) is 34.9 Å². The van der Waals surface area contributed by atoms with Gasteiger partial charge in [-0.15, -0.1) is 11.3 Å². The molecule has 1 saturated heterocycles. The average molecular weight is 335 g/mol. The van der Waals surface area contributed by atoms with Crippen molar-refractivity contribution in [3.63, 3.8) is 0 Å². The van der Waals surface area contributed by atoms with Gasteiger partial charge >= 0.3 is 6.18 Å². The molecule has 0 aromatic carbocycles. The zero-order valence-corrected chi connectivity index (χ0v) is 13.4. The first-order valence-corrected chi connectivity index (χ1v) is 8.15. The summed E-state index contributed by atoms with van der Waals surface area (Å²) in [6.45, 7) is 4.75. The highest BCUT2D eigenvalue weighted by Gasteiger charge is 2.36. The molecule has 22 heavy (non-hydrogen) atoms. The van der Waals surface area contributed by atoms with Crippen LogP contribution in [-0.2, 0) is 11.0 Å². The molecule has 1 aliphatic heterocycles. The number of amides is 1. The molecular weight excluding hydrogens is 315 g/mol. The fourth-order valence-electron chi connectivity index (χ4n) is 2.48. The molecule has 1 aromatic rings. The predicted molar refractivity (Wildman–Crippen MR) is 78.5 cm³/mol. The number of carbonyl (C=O) groups is 1. The number of nitrogens with two attached hydrogens (primary N) is 1. The summed E-state index contributed by atoms with van der Waals surface area (Å²) >= 11 is 1.01. The van der Waals surface area contributed by atoms with Crippen molar-refractivity contribution in [3.05, 3.63) is 16.1 Å². The van der Waals surface area contributed by atoms with E-state index in [1.165, 1.54) is 0 Å². The molecular formula is C14H20F3N3OS. The smallest absolute Gasteiger partial charge is 0.341 e. The number of nitrogens with zero attached hydrogens (tertiary/aromatic N) is 2. The van der Waals surface area contributed by atoms with Crippen molar-refractivity contribution in [1.82, 2.24) is 9.88 Å². The molecule has 124 valence electrons. The first-order chi connectivity index (χ1) is 10.2.